The lowest BCUT2D eigenvalue weighted by Crippen LogP contribution is -2.12. The summed E-state index contributed by atoms with van der Waals surface area (Å²) < 4.78 is 39.4. The number of aromatic nitrogens is 1. The lowest BCUT2D eigenvalue weighted by atomic mass is 10.1. The van der Waals surface area contributed by atoms with E-state index < -0.39 is 16.0 Å². The van der Waals surface area contributed by atoms with Crippen LogP contribution in [0.4, 0.5) is 0 Å². The van der Waals surface area contributed by atoms with Crippen molar-refractivity contribution in [2.45, 2.75) is 24.7 Å². The molecule has 0 saturated heterocycles. The number of aliphatic carboxylic acids is 1. The van der Waals surface area contributed by atoms with Gasteiger partial charge in [0.15, 0.2) is 0 Å². The van der Waals surface area contributed by atoms with Crippen LogP contribution >= 0.6 is 0 Å². The largest absolute Gasteiger partial charge is 0.497 e. The fraction of sp³-hybridized carbons (Fsp3) is 0.160. The molecule has 0 aliphatic rings. The molecular formula is C25H23NO6S. The maximum atomic E-state index is 13.6. The van der Waals surface area contributed by atoms with Crippen molar-refractivity contribution in [3.63, 3.8) is 0 Å². The third-order valence-electron chi connectivity index (χ3n) is 5.29. The van der Waals surface area contributed by atoms with Gasteiger partial charge >= 0.3 is 5.97 Å². The van der Waals surface area contributed by atoms with Crippen LogP contribution in [0.5, 0.6) is 17.2 Å². The molecule has 0 unspecified atom stereocenters. The fourth-order valence-electron chi connectivity index (χ4n) is 3.57. The predicted molar refractivity (Wildman–Crippen MR) is 125 cm³/mol. The first-order chi connectivity index (χ1) is 15.8. The molecule has 4 aromatic rings. The van der Waals surface area contributed by atoms with Crippen molar-refractivity contribution in [2.24, 2.45) is 0 Å². The first-order valence-corrected chi connectivity index (χ1v) is 11.7. The zero-order valence-electron chi connectivity index (χ0n) is 18.2. The molecule has 3 aromatic carbocycles. The number of fused-ring (bicyclic) bond motifs is 1. The molecule has 1 heterocycles. The van der Waals surface area contributed by atoms with Gasteiger partial charge in [-0.15, -0.1) is 0 Å². The SMILES string of the molecule is COc1ccc2c(c1)c(CCC(=O)O)cn2S(=O)(=O)c1cccc(Oc2ccc(C)cc2)c1. The molecule has 0 bridgehead atoms. The molecule has 170 valence electrons. The molecule has 8 heteroatoms. The van der Waals surface area contributed by atoms with E-state index in [0.717, 1.165) is 5.56 Å². The van der Waals surface area contributed by atoms with Crippen molar-refractivity contribution in [3.05, 3.63) is 84.1 Å². The van der Waals surface area contributed by atoms with Crippen LogP contribution in [0, 0.1) is 6.92 Å². The first kappa shape index (κ1) is 22.4. The van der Waals surface area contributed by atoms with E-state index in [1.807, 2.05) is 31.2 Å². The van der Waals surface area contributed by atoms with Crippen LogP contribution in [0.2, 0.25) is 0 Å². The Balaban J connectivity index is 1.75. The van der Waals surface area contributed by atoms with E-state index in [9.17, 15) is 13.2 Å². The van der Waals surface area contributed by atoms with E-state index in [-0.39, 0.29) is 17.7 Å². The Kier molecular flexibility index (Phi) is 6.11. The van der Waals surface area contributed by atoms with Gasteiger partial charge in [-0.3, -0.25) is 4.79 Å². The molecule has 1 N–H and O–H groups in total. The van der Waals surface area contributed by atoms with Gasteiger partial charge in [0.05, 0.1) is 17.5 Å². The van der Waals surface area contributed by atoms with Crippen molar-refractivity contribution in [1.82, 2.24) is 3.97 Å². The zero-order valence-corrected chi connectivity index (χ0v) is 19.0. The summed E-state index contributed by atoms with van der Waals surface area (Å²) in [6.45, 7) is 1.97. The van der Waals surface area contributed by atoms with E-state index in [2.05, 4.69) is 0 Å². The lowest BCUT2D eigenvalue weighted by Gasteiger charge is -2.11. The Morgan fingerprint density at radius 3 is 2.39 bits per heavy atom. The smallest absolute Gasteiger partial charge is 0.303 e. The summed E-state index contributed by atoms with van der Waals surface area (Å²) in [5.74, 6) is 0.596. The van der Waals surface area contributed by atoms with Crippen LogP contribution in [0.1, 0.15) is 17.5 Å². The van der Waals surface area contributed by atoms with Gasteiger partial charge in [0, 0.05) is 24.1 Å². The summed E-state index contributed by atoms with van der Waals surface area (Å²) in [6.07, 6.45) is 1.56. The van der Waals surface area contributed by atoms with Gasteiger partial charge in [-0.1, -0.05) is 23.8 Å². The van der Waals surface area contributed by atoms with Crippen LogP contribution in [0.15, 0.2) is 77.8 Å². The maximum absolute atomic E-state index is 13.6. The van der Waals surface area contributed by atoms with Gasteiger partial charge in [0.1, 0.15) is 17.2 Å². The number of hydrogen-bond acceptors (Lipinski definition) is 5. The van der Waals surface area contributed by atoms with Crippen LogP contribution in [0.3, 0.4) is 0 Å². The minimum absolute atomic E-state index is 0.0598. The van der Waals surface area contributed by atoms with Gasteiger partial charge in [-0.05, 0) is 61.4 Å². The molecule has 0 radical (unpaired) electrons. The summed E-state index contributed by atoms with van der Waals surface area (Å²) in [4.78, 5) is 11.2. The van der Waals surface area contributed by atoms with Gasteiger partial charge in [-0.25, -0.2) is 12.4 Å². The number of benzene rings is 3. The second-order valence-electron chi connectivity index (χ2n) is 7.62. The summed E-state index contributed by atoms with van der Waals surface area (Å²) in [5.41, 5.74) is 2.15. The summed E-state index contributed by atoms with van der Waals surface area (Å²) in [7, 11) is -2.46. The third-order valence-corrected chi connectivity index (χ3v) is 6.96. The Morgan fingerprint density at radius 1 is 0.970 bits per heavy atom. The molecule has 0 atom stereocenters. The summed E-state index contributed by atoms with van der Waals surface area (Å²) in [6, 6.07) is 18.8. The molecule has 0 spiro atoms. The van der Waals surface area contributed by atoms with Crippen molar-refractivity contribution in [2.75, 3.05) is 7.11 Å². The standard InChI is InChI=1S/C25H23NO6S/c1-17-6-9-19(10-7-17)32-21-4-3-5-22(14-21)33(29,30)26-16-18(8-13-25(27)28)23-15-20(31-2)11-12-24(23)26/h3-7,9-12,14-16H,8,13H2,1-2H3,(H,27,28). The van der Waals surface area contributed by atoms with Crippen LogP contribution in [-0.2, 0) is 21.2 Å². The predicted octanol–water partition coefficient (Wildman–Crippen LogP) is 5.00. The molecule has 4 rings (SSSR count). The Labute approximate surface area is 191 Å². The third kappa shape index (κ3) is 4.70. The number of rotatable bonds is 8. The van der Waals surface area contributed by atoms with E-state index in [0.29, 0.717) is 33.7 Å². The average Bonchev–Trinajstić information content (AvgIpc) is 3.18. The van der Waals surface area contributed by atoms with Gasteiger partial charge in [-0.2, -0.15) is 0 Å². The number of ether oxygens (including phenoxy) is 2. The van der Waals surface area contributed by atoms with Crippen molar-refractivity contribution >= 4 is 26.9 Å². The molecule has 0 amide bonds. The second kappa shape index (κ2) is 8.99. The molecule has 0 aliphatic carbocycles. The molecule has 0 saturated carbocycles. The lowest BCUT2D eigenvalue weighted by molar-refractivity contribution is -0.136. The first-order valence-electron chi connectivity index (χ1n) is 10.3. The molecule has 0 fully saturated rings. The van der Waals surface area contributed by atoms with Crippen molar-refractivity contribution in [1.29, 1.82) is 0 Å². The Morgan fingerprint density at radius 2 is 1.70 bits per heavy atom. The number of methoxy groups -OCH3 is 1. The Bertz CT molecular complexity index is 1420. The summed E-state index contributed by atoms with van der Waals surface area (Å²) in [5, 5.41) is 9.73. The van der Waals surface area contributed by atoms with Crippen LogP contribution in [0.25, 0.3) is 10.9 Å². The Hall–Kier alpha value is -3.78. The minimum atomic E-state index is -3.98. The highest BCUT2D eigenvalue weighted by atomic mass is 32.2. The average molecular weight is 466 g/mol. The normalized spacial score (nSPS) is 11.5. The number of carboxylic acids is 1. The quantitative estimate of drug-likeness (QED) is 0.393. The van der Waals surface area contributed by atoms with Crippen LogP contribution in [-0.4, -0.2) is 30.6 Å². The van der Waals surface area contributed by atoms with Gasteiger partial charge < -0.3 is 14.6 Å². The molecule has 1 aromatic heterocycles. The maximum Gasteiger partial charge on any atom is 0.303 e. The van der Waals surface area contributed by atoms with E-state index in [1.54, 1.807) is 30.3 Å². The fourth-order valence-corrected chi connectivity index (χ4v) is 4.99. The van der Waals surface area contributed by atoms with Crippen molar-refractivity contribution in [3.8, 4) is 17.2 Å². The highest BCUT2D eigenvalue weighted by Crippen LogP contribution is 2.31. The van der Waals surface area contributed by atoms with E-state index in [4.69, 9.17) is 14.6 Å². The second-order valence-corrected chi connectivity index (χ2v) is 9.44. The highest BCUT2D eigenvalue weighted by Gasteiger charge is 2.22. The van der Waals surface area contributed by atoms with E-state index in [1.165, 1.54) is 29.4 Å². The van der Waals surface area contributed by atoms with Crippen molar-refractivity contribution < 1.29 is 27.8 Å². The number of hydrogen-bond donors (Lipinski definition) is 1. The van der Waals surface area contributed by atoms with E-state index >= 15 is 0 Å². The zero-order chi connectivity index (χ0) is 23.6. The number of carboxylic acid groups (broad SMARTS) is 1. The molecule has 0 aliphatic heterocycles. The monoisotopic (exact) mass is 465 g/mol. The number of carbonyl (C=O) groups is 1. The molecule has 7 nitrogen and oxygen atoms in total. The van der Waals surface area contributed by atoms with Crippen LogP contribution < -0.4 is 9.47 Å². The summed E-state index contributed by atoms with van der Waals surface area (Å²) >= 11 is 0. The highest BCUT2D eigenvalue weighted by molar-refractivity contribution is 7.90. The molecular weight excluding hydrogens is 442 g/mol. The molecule has 33 heavy (non-hydrogen) atoms. The number of aryl methyl sites for hydroxylation is 2. The van der Waals surface area contributed by atoms with Gasteiger partial charge in [0.2, 0.25) is 0 Å². The number of nitrogens with zero attached hydrogens (tertiary/aromatic N) is 1. The minimum Gasteiger partial charge on any atom is -0.497 e. The topological polar surface area (TPSA) is 94.8 Å². The van der Waals surface area contributed by atoms with Gasteiger partial charge in [0.25, 0.3) is 10.0 Å².